The van der Waals surface area contributed by atoms with E-state index in [1.165, 1.54) is 4.90 Å². The molecule has 1 saturated heterocycles. The Labute approximate surface area is 129 Å². The predicted octanol–water partition coefficient (Wildman–Crippen LogP) is 0.707. The highest BCUT2D eigenvalue weighted by atomic mass is 127. The number of carboxylic acid groups (broad SMARTS) is 1. The maximum atomic E-state index is 12.0. The van der Waals surface area contributed by atoms with E-state index in [2.05, 4.69) is 27.9 Å². The molecule has 0 aliphatic carbocycles. The van der Waals surface area contributed by atoms with E-state index in [0.717, 1.165) is 3.57 Å². The van der Waals surface area contributed by atoms with Crippen LogP contribution in [-0.2, 0) is 9.59 Å². The Kier molecular flexibility index (Phi) is 4.58. The van der Waals surface area contributed by atoms with Crippen LogP contribution in [0.1, 0.15) is 16.8 Å². The van der Waals surface area contributed by atoms with Gasteiger partial charge in [0.05, 0.1) is 0 Å². The average Bonchev–Trinajstić information content (AvgIpc) is 2.71. The number of halogens is 1. The van der Waals surface area contributed by atoms with Gasteiger partial charge in [0.2, 0.25) is 5.91 Å². The van der Waals surface area contributed by atoms with Gasteiger partial charge in [-0.05, 0) is 53.3 Å². The molecule has 2 N–H and O–H groups in total. The van der Waals surface area contributed by atoms with Crippen LogP contribution in [0.15, 0.2) is 24.3 Å². The molecule has 0 bridgehead atoms. The van der Waals surface area contributed by atoms with Gasteiger partial charge in [-0.1, -0.05) is 0 Å². The van der Waals surface area contributed by atoms with Crippen molar-refractivity contribution >= 4 is 40.4 Å². The molecule has 2 rings (SSSR count). The summed E-state index contributed by atoms with van der Waals surface area (Å²) in [6.07, 6.45) is 0.433. The minimum Gasteiger partial charge on any atom is -0.480 e. The smallest absolute Gasteiger partial charge is 0.323 e. The molecule has 6 nitrogen and oxygen atoms in total. The number of hydrogen-bond donors (Lipinski definition) is 2. The molecule has 1 unspecified atom stereocenters. The first-order valence-electron chi connectivity index (χ1n) is 6.04. The predicted molar refractivity (Wildman–Crippen MR) is 79.2 cm³/mol. The van der Waals surface area contributed by atoms with Gasteiger partial charge in [-0.2, -0.15) is 0 Å². The number of amides is 2. The van der Waals surface area contributed by atoms with Crippen LogP contribution in [-0.4, -0.2) is 46.9 Å². The normalized spacial score (nSPS) is 18.1. The Morgan fingerprint density at radius 2 is 2.00 bits per heavy atom. The summed E-state index contributed by atoms with van der Waals surface area (Å²) in [7, 11) is 0. The quantitative estimate of drug-likeness (QED) is 0.744. The minimum atomic E-state index is -1.05. The van der Waals surface area contributed by atoms with Gasteiger partial charge in [0, 0.05) is 15.7 Å². The number of benzene rings is 1. The minimum absolute atomic E-state index is 0.322. The number of carbonyl (C=O) groups excluding carboxylic acids is 2. The topological polar surface area (TPSA) is 86.7 Å². The molecular formula is C13H13IN2O4. The molecular weight excluding hydrogens is 375 g/mol. The Balaban J connectivity index is 1.97. The number of carboxylic acids is 1. The maximum absolute atomic E-state index is 12.0. The lowest BCUT2D eigenvalue weighted by molar-refractivity contribution is -0.143. The molecule has 7 heteroatoms. The largest absolute Gasteiger partial charge is 0.480 e. The van der Waals surface area contributed by atoms with Crippen LogP contribution in [0.4, 0.5) is 0 Å². The number of nitrogens with one attached hydrogen (secondary N) is 1. The third kappa shape index (κ3) is 3.47. The van der Waals surface area contributed by atoms with E-state index in [1.54, 1.807) is 12.1 Å². The second-order valence-corrected chi connectivity index (χ2v) is 5.72. The highest BCUT2D eigenvalue weighted by molar-refractivity contribution is 14.1. The van der Waals surface area contributed by atoms with Crippen LogP contribution in [0.5, 0.6) is 0 Å². The van der Waals surface area contributed by atoms with E-state index in [4.69, 9.17) is 5.11 Å². The second-order valence-electron chi connectivity index (χ2n) is 4.48. The molecule has 0 spiro atoms. The van der Waals surface area contributed by atoms with E-state index >= 15 is 0 Å². The summed E-state index contributed by atoms with van der Waals surface area (Å²) in [5, 5.41) is 11.3. The van der Waals surface area contributed by atoms with Crippen molar-refractivity contribution in [2.24, 2.45) is 0 Å². The summed E-state index contributed by atoms with van der Waals surface area (Å²) >= 11 is 2.14. The first kappa shape index (κ1) is 14.8. The van der Waals surface area contributed by atoms with Crippen LogP contribution < -0.4 is 5.32 Å². The zero-order valence-corrected chi connectivity index (χ0v) is 12.7. The molecule has 0 saturated carbocycles. The van der Waals surface area contributed by atoms with Crippen molar-refractivity contribution < 1.29 is 19.5 Å². The van der Waals surface area contributed by atoms with Crippen LogP contribution in [0.3, 0.4) is 0 Å². The van der Waals surface area contributed by atoms with Crippen molar-refractivity contribution in [2.75, 3.05) is 13.1 Å². The van der Waals surface area contributed by atoms with Crippen molar-refractivity contribution in [3.63, 3.8) is 0 Å². The Morgan fingerprint density at radius 1 is 1.35 bits per heavy atom. The molecule has 2 amide bonds. The number of nitrogens with zero attached hydrogens (tertiary/aromatic N) is 1. The van der Waals surface area contributed by atoms with Gasteiger partial charge in [-0.25, -0.2) is 0 Å². The zero-order valence-electron chi connectivity index (χ0n) is 10.5. The molecule has 1 fully saturated rings. The molecule has 1 atom stereocenters. The van der Waals surface area contributed by atoms with Crippen LogP contribution in [0.2, 0.25) is 0 Å². The van der Waals surface area contributed by atoms with Crippen LogP contribution >= 0.6 is 22.6 Å². The fourth-order valence-corrected chi connectivity index (χ4v) is 2.40. The Hall–Kier alpha value is -1.64. The lowest BCUT2D eigenvalue weighted by atomic mass is 10.2. The van der Waals surface area contributed by atoms with Gasteiger partial charge in [0.25, 0.3) is 5.91 Å². The number of likely N-dealkylation sites (tertiary alicyclic amines) is 1. The number of hydrogen-bond acceptors (Lipinski definition) is 3. The lowest BCUT2D eigenvalue weighted by Crippen LogP contribution is -2.42. The molecule has 1 aliphatic heterocycles. The van der Waals surface area contributed by atoms with E-state index in [1.807, 2.05) is 12.1 Å². The standard InChI is InChI=1S/C13H13IN2O4/c14-9-3-1-8(2-4-9)12(19)15-10-5-6-16(13(10)20)7-11(17)18/h1-4,10H,5-7H2,(H,15,19)(H,17,18). The number of carbonyl (C=O) groups is 3. The van der Waals surface area contributed by atoms with Crippen molar-refractivity contribution in [1.29, 1.82) is 0 Å². The third-order valence-corrected chi connectivity index (χ3v) is 3.75. The molecule has 106 valence electrons. The molecule has 1 aliphatic rings. The summed E-state index contributed by atoms with van der Waals surface area (Å²) < 4.78 is 1.02. The average molecular weight is 388 g/mol. The Morgan fingerprint density at radius 3 is 2.60 bits per heavy atom. The number of aliphatic carboxylic acids is 1. The fraction of sp³-hybridized carbons (Fsp3) is 0.308. The third-order valence-electron chi connectivity index (χ3n) is 3.04. The van der Waals surface area contributed by atoms with Crippen LogP contribution in [0, 0.1) is 3.57 Å². The summed E-state index contributed by atoms with van der Waals surface area (Å²) in [5.74, 6) is -1.72. The van der Waals surface area contributed by atoms with Gasteiger partial charge < -0.3 is 15.3 Å². The summed E-state index contributed by atoms with van der Waals surface area (Å²) in [6, 6.07) is 6.35. The van der Waals surface area contributed by atoms with Gasteiger partial charge in [-0.15, -0.1) is 0 Å². The highest BCUT2D eigenvalue weighted by Gasteiger charge is 2.33. The Bertz CT molecular complexity index is 544. The van der Waals surface area contributed by atoms with Gasteiger partial charge in [0.1, 0.15) is 12.6 Å². The fourth-order valence-electron chi connectivity index (χ4n) is 2.04. The summed E-state index contributed by atoms with van der Waals surface area (Å²) in [5.41, 5.74) is 0.481. The molecule has 0 aromatic heterocycles. The van der Waals surface area contributed by atoms with Crippen LogP contribution in [0.25, 0.3) is 0 Å². The van der Waals surface area contributed by atoms with E-state index in [-0.39, 0.29) is 18.4 Å². The van der Waals surface area contributed by atoms with Gasteiger partial charge in [0.15, 0.2) is 0 Å². The molecule has 20 heavy (non-hydrogen) atoms. The summed E-state index contributed by atoms with van der Waals surface area (Å²) in [4.78, 5) is 35.7. The van der Waals surface area contributed by atoms with Crippen molar-refractivity contribution in [3.8, 4) is 0 Å². The molecule has 1 heterocycles. The van der Waals surface area contributed by atoms with E-state index < -0.39 is 12.0 Å². The zero-order chi connectivity index (χ0) is 14.7. The first-order valence-corrected chi connectivity index (χ1v) is 7.12. The molecule has 1 aromatic carbocycles. The van der Waals surface area contributed by atoms with Gasteiger partial charge >= 0.3 is 5.97 Å². The number of rotatable bonds is 4. The molecule has 1 aromatic rings. The first-order chi connectivity index (χ1) is 9.47. The van der Waals surface area contributed by atoms with E-state index in [0.29, 0.717) is 18.5 Å². The lowest BCUT2D eigenvalue weighted by Gasteiger charge is -2.14. The van der Waals surface area contributed by atoms with Gasteiger partial charge in [-0.3, -0.25) is 14.4 Å². The van der Waals surface area contributed by atoms with Crippen molar-refractivity contribution in [2.45, 2.75) is 12.5 Å². The SMILES string of the molecule is O=C(O)CN1CCC(NC(=O)c2ccc(I)cc2)C1=O. The van der Waals surface area contributed by atoms with E-state index in [9.17, 15) is 14.4 Å². The van der Waals surface area contributed by atoms with Crippen molar-refractivity contribution in [1.82, 2.24) is 10.2 Å². The van der Waals surface area contributed by atoms with Crippen molar-refractivity contribution in [3.05, 3.63) is 33.4 Å². The summed E-state index contributed by atoms with van der Waals surface area (Å²) in [6.45, 7) is 0.0253. The highest BCUT2D eigenvalue weighted by Crippen LogP contribution is 2.12. The maximum Gasteiger partial charge on any atom is 0.323 e. The monoisotopic (exact) mass is 388 g/mol. The second kappa shape index (κ2) is 6.21. The molecule has 0 radical (unpaired) electrons.